The van der Waals surface area contributed by atoms with Crippen LogP contribution in [0.4, 0.5) is 11.5 Å². The smallest absolute Gasteiger partial charge is 0.373 e. The van der Waals surface area contributed by atoms with Crippen molar-refractivity contribution in [2.45, 2.75) is 12.1 Å². The number of nitrogens with two attached hydrogens (primary N) is 1. The number of anilines is 1. The molecule has 2 N–H and O–H groups in total. The van der Waals surface area contributed by atoms with Crippen molar-refractivity contribution in [2.24, 2.45) is 0 Å². The fourth-order valence-electron chi connectivity index (χ4n) is 1.82. The first-order valence-electron chi connectivity index (χ1n) is 6.70. The molecule has 0 saturated heterocycles. The van der Waals surface area contributed by atoms with Crippen LogP contribution in [0, 0.1) is 21.4 Å². The SMILES string of the molecule is CCOc1cc(C#N)cc(Oc2nc(SC)nc(N)c2[N+](=O)[O-])c1. The molecule has 0 atom stereocenters. The zero-order chi connectivity index (χ0) is 17.7. The number of nitro groups is 1. The van der Waals surface area contributed by atoms with Crippen molar-refractivity contribution >= 4 is 23.3 Å². The summed E-state index contributed by atoms with van der Waals surface area (Å²) in [5.41, 5.74) is 5.37. The third-order valence-corrected chi connectivity index (χ3v) is 3.31. The first-order valence-corrected chi connectivity index (χ1v) is 7.92. The number of nitrogen functional groups attached to an aromatic ring is 1. The molecule has 9 nitrogen and oxygen atoms in total. The average molecular weight is 347 g/mol. The van der Waals surface area contributed by atoms with Crippen molar-refractivity contribution in [1.29, 1.82) is 5.26 Å². The number of rotatable bonds is 6. The molecule has 1 aromatic heterocycles. The Balaban J connectivity index is 2.51. The zero-order valence-corrected chi connectivity index (χ0v) is 13.7. The van der Waals surface area contributed by atoms with Crippen molar-refractivity contribution in [3.8, 4) is 23.4 Å². The Morgan fingerprint density at radius 3 is 2.67 bits per heavy atom. The van der Waals surface area contributed by atoms with Crippen molar-refractivity contribution in [2.75, 3.05) is 18.6 Å². The van der Waals surface area contributed by atoms with Crippen LogP contribution in [0.3, 0.4) is 0 Å². The molecule has 10 heteroatoms. The van der Waals surface area contributed by atoms with E-state index in [9.17, 15) is 10.1 Å². The molecular formula is C14H13N5O4S. The van der Waals surface area contributed by atoms with Crippen molar-refractivity contribution in [3.05, 3.63) is 33.9 Å². The Bertz CT molecular complexity index is 822. The number of nitriles is 1. The van der Waals surface area contributed by atoms with Gasteiger partial charge in [0, 0.05) is 6.07 Å². The quantitative estimate of drug-likeness (QED) is 0.362. The van der Waals surface area contributed by atoms with Gasteiger partial charge in [-0.1, -0.05) is 11.8 Å². The van der Waals surface area contributed by atoms with Crippen molar-refractivity contribution in [1.82, 2.24) is 9.97 Å². The lowest BCUT2D eigenvalue weighted by atomic mass is 10.2. The highest BCUT2D eigenvalue weighted by molar-refractivity contribution is 7.98. The fourth-order valence-corrected chi connectivity index (χ4v) is 2.19. The van der Waals surface area contributed by atoms with E-state index in [-0.39, 0.29) is 28.2 Å². The van der Waals surface area contributed by atoms with Gasteiger partial charge in [0.2, 0.25) is 5.82 Å². The summed E-state index contributed by atoms with van der Waals surface area (Å²) in [5, 5.41) is 20.5. The molecule has 0 radical (unpaired) electrons. The second-order valence-corrected chi connectivity index (χ2v) is 5.12. The molecule has 0 spiro atoms. The van der Waals surface area contributed by atoms with Gasteiger partial charge < -0.3 is 15.2 Å². The molecule has 2 rings (SSSR count). The van der Waals surface area contributed by atoms with Crippen LogP contribution < -0.4 is 15.2 Å². The van der Waals surface area contributed by atoms with Gasteiger partial charge in [0.1, 0.15) is 11.5 Å². The van der Waals surface area contributed by atoms with Crippen molar-refractivity contribution in [3.63, 3.8) is 0 Å². The van der Waals surface area contributed by atoms with E-state index in [2.05, 4.69) is 9.97 Å². The van der Waals surface area contributed by atoms with Crippen LogP contribution in [0.2, 0.25) is 0 Å². The minimum Gasteiger partial charge on any atom is -0.494 e. The van der Waals surface area contributed by atoms with Crippen LogP contribution in [0.1, 0.15) is 12.5 Å². The van der Waals surface area contributed by atoms with Gasteiger partial charge in [-0.15, -0.1) is 0 Å². The van der Waals surface area contributed by atoms with E-state index in [0.717, 1.165) is 0 Å². The minimum absolute atomic E-state index is 0.172. The van der Waals surface area contributed by atoms with E-state index >= 15 is 0 Å². The predicted molar refractivity (Wildman–Crippen MR) is 87.3 cm³/mol. The van der Waals surface area contributed by atoms with E-state index in [1.807, 2.05) is 6.07 Å². The number of hydrogen-bond acceptors (Lipinski definition) is 9. The normalized spacial score (nSPS) is 10.0. The van der Waals surface area contributed by atoms with E-state index in [0.29, 0.717) is 12.4 Å². The topological polar surface area (TPSA) is 137 Å². The molecule has 1 heterocycles. The van der Waals surface area contributed by atoms with E-state index in [4.69, 9.17) is 20.5 Å². The number of hydrogen-bond donors (Lipinski definition) is 1. The lowest BCUT2D eigenvalue weighted by Crippen LogP contribution is -2.05. The zero-order valence-electron chi connectivity index (χ0n) is 12.8. The third-order valence-electron chi connectivity index (χ3n) is 2.76. The van der Waals surface area contributed by atoms with Crippen LogP contribution in [0.25, 0.3) is 0 Å². The second-order valence-electron chi connectivity index (χ2n) is 4.35. The summed E-state index contributed by atoms with van der Waals surface area (Å²) < 4.78 is 10.9. The summed E-state index contributed by atoms with van der Waals surface area (Å²) >= 11 is 1.17. The molecule has 0 saturated carbocycles. The highest BCUT2D eigenvalue weighted by atomic mass is 32.2. The molecule has 0 amide bonds. The molecule has 124 valence electrons. The van der Waals surface area contributed by atoms with Crippen LogP contribution in [-0.2, 0) is 0 Å². The van der Waals surface area contributed by atoms with Gasteiger partial charge in [-0.25, -0.2) is 0 Å². The van der Waals surface area contributed by atoms with E-state index in [1.54, 1.807) is 13.2 Å². The van der Waals surface area contributed by atoms with Gasteiger partial charge in [0.15, 0.2) is 5.16 Å². The number of ether oxygens (including phenoxy) is 2. The first kappa shape index (κ1) is 17.3. The summed E-state index contributed by atoms with van der Waals surface area (Å²) in [6, 6.07) is 6.43. The maximum Gasteiger partial charge on any atom is 0.373 e. The number of benzene rings is 1. The monoisotopic (exact) mass is 347 g/mol. The number of aromatic nitrogens is 2. The molecule has 0 aliphatic heterocycles. The summed E-state index contributed by atoms with van der Waals surface area (Å²) in [6.45, 7) is 2.19. The largest absolute Gasteiger partial charge is 0.494 e. The molecule has 0 unspecified atom stereocenters. The van der Waals surface area contributed by atoms with Gasteiger partial charge in [-0.3, -0.25) is 10.1 Å². The molecule has 24 heavy (non-hydrogen) atoms. The Kier molecular flexibility index (Phi) is 5.39. The summed E-state index contributed by atoms with van der Waals surface area (Å²) in [6.07, 6.45) is 1.70. The number of thioether (sulfide) groups is 1. The van der Waals surface area contributed by atoms with Gasteiger partial charge >= 0.3 is 11.6 Å². The maximum atomic E-state index is 11.2. The Morgan fingerprint density at radius 2 is 2.08 bits per heavy atom. The second kappa shape index (κ2) is 7.47. The van der Waals surface area contributed by atoms with Crippen LogP contribution in [-0.4, -0.2) is 27.8 Å². The molecule has 0 bridgehead atoms. The molecule has 0 aliphatic rings. The highest BCUT2D eigenvalue weighted by Crippen LogP contribution is 2.36. The minimum atomic E-state index is -0.716. The predicted octanol–water partition coefficient (Wildman–Crippen LogP) is 2.75. The van der Waals surface area contributed by atoms with Gasteiger partial charge in [0.25, 0.3) is 0 Å². The average Bonchev–Trinajstić information content (AvgIpc) is 2.53. The van der Waals surface area contributed by atoms with Gasteiger partial charge in [-0.05, 0) is 25.3 Å². The highest BCUT2D eigenvalue weighted by Gasteiger charge is 2.25. The standard InChI is InChI=1S/C14H13N5O4S/c1-3-22-9-4-8(7-15)5-10(6-9)23-13-11(19(20)21)12(16)17-14(18-13)24-2/h4-6H,3H2,1-2H3,(H2,16,17,18). The van der Waals surface area contributed by atoms with Crippen LogP contribution in [0.5, 0.6) is 17.4 Å². The lowest BCUT2D eigenvalue weighted by Gasteiger charge is -2.10. The van der Waals surface area contributed by atoms with E-state index in [1.165, 1.54) is 30.0 Å². The van der Waals surface area contributed by atoms with Gasteiger partial charge in [0.05, 0.1) is 23.2 Å². The Labute approximate surface area is 141 Å². The molecule has 0 fully saturated rings. The lowest BCUT2D eigenvalue weighted by molar-refractivity contribution is -0.385. The summed E-state index contributed by atoms with van der Waals surface area (Å²) in [5.74, 6) is -0.0164. The molecular weight excluding hydrogens is 334 g/mol. The van der Waals surface area contributed by atoms with Crippen molar-refractivity contribution < 1.29 is 14.4 Å². The van der Waals surface area contributed by atoms with E-state index < -0.39 is 10.6 Å². The Hall–Kier alpha value is -3.06. The molecule has 2 aromatic rings. The third kappa shape index (κ3) is 3.82. The summed E-state index contributed by atoms with van der Waals surface area (Å²) in [7, 11) is 0. The first-order chi connectivity index (χ1) is 11.5. The maximum absolute atomic E-state index is 11.2. The van der Waals surface area contributed by atoms with Gasteiger partial charge in [-0.2, -0.15) is 15.2 Å². The Morgan fingerprint density at radius 1 is 1.38 bits per heavy atom. The molecule has 0 aliphatic carbocycles. The number of nitrogens with zero attached hydrogens (tertiary/aromatic N) is 4. The van der Waals surface area contributed by atoms with Crippen LogP contribution >= 0.6 is 11.8 Å². The fraction of sp³-hybridized carbons (Fsp3) is 0.214. The molecule has 1 aromatic carbocycles. The van der Waals surface area contributed by atoms with Crippen LogP contribution in [0.15, 0.2) is 23.4 Å². The summed E-state index contributed by atoms with van der Waals surface area (Å²) in [4.78, 5) is 18.3.